The molecule has 8 heteroatoms. The second kappa shape index (κ2) is 6.39. The molecule has 3 rings (SSSR count). The number of H-pyrrole nitrogens is 1. The highest BCUT2D eigenvalue weighted by Gasteiger charge is 2.14. The first-order valence-corrected chi connectivity index (χ1v) is 7.21. The predicted molar refractivity (Wildman–Crippen MR) is 83.4 cm³/mol. The number of hydrogen-bond acceptors (Lipinski definition) is 5. The molecule has 2 aromatic heterocycles. The maximum Gasteiger partial charge on any atom is 0.258 e. The molecule has 0 aliphatic carbocycles. The maximum absolute atomic E-state index is 12.1. The standard InChI is InChI=1S/C15H16N6O2/c1-10(7-21-9-16-8-18-21)14(22)17-6-13-19-12-5-3-2-4-11(12)15(23)20-13/h2-5,8-10H,6-7H2,1H3,(H,17,22)(H,19,20,23). The van der Waals surface area contributed by atoms with E-state index in [1.54, 1.807) is 36.1 Å². The number of benzene rings is 1. The fourth-order valence-corrected chi connectivity index (χ4v) is 2.25. The normalized spacial score (nSPS) is 12.2. The second-order valence-corrected chi connectivity index (χ2v) is 5.27. The molecule has 0 aliphatic rings. The predicted octanol–water partition coefficient (Wildman–Crippen LogP) is 0.467. The van der Waals surface area contributed by atoms with Gasteiger partial charge in [0.15, 0.2) is 0 Å². The molecule has 1 amide bonds. The lowest BCUT2D eigenvalue weighted by atomic mass is 10.1. The fourth-order valence-electron chi connectivity index (χ4n) is 2.25. The van der Waals surface area contributed by atoms with Crippen LogP contribution in [0.15, 0.2) is 41.7 Å². The topological polar surface area (TPSA) is 106 Å². The lowest BCUT2D eigenvalue weighted by Gasteiger charge is -2.11. The average Bonchev–Trinajstić information content (AvgIpc) is 3.05. The average molecular weight is 312 g/mol. The molecule has 0 radical (unpaired) electrons. The lowest BCUT2D eigenvalue weighted by molar-refractivity contribution is -0.125. The summed E-state index contributed by atoms with van der Waals surface area (Å²) in [5.74, 6) is 0.00944. The van der Waals surface area contributed by atoms with Crippen LogP contribution in [0.1, 0.15) is 12.7 Å². The van der Waals surface area contributed by atoms with Crippen LogP contribution in [-0.2, 0) is 17.9 Å². The molecule has 0 saturated carbocycles. The molecule has 1 unspecified atom stereocenters. The second-order valence-electron chi connectivity index (χ2n) is 5.27. The van der Waals surface area contributed by atoms with E-state index in [4.69, 9.17) is 0 Å². The van der Waals surface area contributed by atoms with Gasteiger partial charge in [-0.15, -0.1) is 0 Å². The number of nitrogens with zero attached hydrogens (tertiary/aromatic N) is 4. The Kier molecular flexibility index (Phi) is 4.13. The van der Waals surface area contributed by atoms with Crippen molar-refractivity contribution in [3.63, 3.8) is 0 Å². The van der Waals surface area contributed by atoms with Crippen molar-refractivity contribution in [2.24, 2.45) is 5.92 Å². The number of carbonyl (C=O) groups excluding carboxylic acids is 1. The number of carbonyl (C=O) groups is 1. The summed E-state index contributed by atoms with van der Waals surface area (Å²) < 4.78 is 1.60. The zero-order valence-electron chi connectivity index (χ0n) is 12.6. The van der Waals surface area contributed by atoms with Crippen LogP contribution >= 0.6 is 0 Å². The van der Waals surface area contributed by atoms with Crippen LogP contribution in [0, 0.1) is 5.92 Å². The van der Waals surface area contributed by atoms with Gasteiger partial charge in [0.1, 0.15) is 18.5 Å². The van der Waals surface area contributed by atoms with Crippen molar-refractivity contribution in [2.45, 2.75) is 20.0 Å². The van der Waals surface area contributed by atoms with Gasteiger partial charge >= 0.3 is 0 Å². The van der Waals surface area contributed by atoms with E-state index in [2.05, 4.69) is 25.4 Å². The van der Waals surface area contributed by atoms with E-state index in [0.717, 1.165) is 0 Å². The quantitative estimate of drug-likeness (QED) is 0.712. The SMILES string of the molecule is CC(Cn1cncn1)C(=O)NCc1nc2ccccc2c(=O)[nH]1. The monoisotopic (exact) mass is 312 g/mol. The molecule has 3 aromatic rings. The van der Waals surface area contributed by atoms with Crippen LogP contribution in [0.5, 0.6) is 0 Å². The fraction of sp³-hybridized carbons (Fsp3) is 0.267. The van der Waals surface area contributed by atoms with Crippen molar-refractivity contribution in [3.8, 4) is 0 Å². The molecule has 2 N–H and O–H groups in total. The zero-order valence-corrected chi connectivity index (χ0v) is 12.6. The molecule has 2 heterocycles. The van der Waals surface area contributed by atoms with Crippen molar-refractivity contribution in [2.75, 3.05) is 0 Å². The molecule has 0 bridgehead atoms. The molecular formula is C15H16N6O2. The van der Waals surface area contributed by atoms with Crippen molar-refractivity contribution in [3.05, 3.63) is 53.1 Å². The van der Waals surface area contributed by atoms with Gasteiger partial charge in [0.2, 0.25) is 5.91 Å². The Bertz CT molecular complexity index is 871. The van der Waals surface area contributed by atoms with E-state index in [0.29, 0.717) is 23.3 Å². The van der Waals surface area contributed by atoms with Gasteiger partial charge in [-0.25, -0.2) is 9.97 Å². The van der Waals surface area contributed by atoms with Gasteiger partial charge in [-0.1, -0.05) is 19.1 Å². The Morgan fingerprint density at radius 1 is 1.39 bits per heavy atom. The van der Waals surface area contributed by atoms with E-state index in [9.17, 15) is 9.59 Å². The molecule has 118 valence electrons. The first kappa shape index (κ1) is 14.9. The number of amides is 1. The van der Waals surface area contributed by atoms with Crippen LogP contribution in [0.2, 0.25) is 0 Å². The molecule has 8 nitrogen and oxygen atoms in total. The number of aromatic nitrogens is 5. The smallest absolute Gasteiger partial charge is 0.258 e. The Labute approximate surface area is 131 Å². The molecular weight excluding hydrogens is 296 g/mol. The van der Waals surface area contributed by atoms with Crippen LogP contribution in [0.3, 0.4) is 0 Å². The van der Waals surface area contributed by atoms with Crippen molar-refractivity contribution in [1.29, 1.82) is 0 Å². The number of nitrogens with one attached hydrogen (secondary N) is 2. The third kappa shape index (κ3) is 3.42. The summed E-state index contributed by atoms with van der Waals surface area (Å²) in [6.45, 7) is 2.40. The third-order valence-electron chi connectivity index (χ3n) is 3.47. The Balaban J connectivity index is 1.66. The highest BCUT2D eigenvalue weighted by Crippen LogP contribution is 2.06. The van der Waals surface area contributed by atoms with Crippen molar-refractivity contribution in [1.82, 2.24) is 30.0 Å². The molecule has 0 aliphatic heterocycles. The lowest BCUT2D eigenvalue weighted by Crippen LogP contribution is -2.32. The Morgan fingerprint density at radius 2 is 2.22 bits per heavy atom. The van der Waals surface area contributed by atoms with E-state index in [1.807, 2.05) is 6.07 Å². The highest BCUT2D eigenvalue weighted by molar-refractivity contribution is 5.78. The van der Waals surface area contributed by atoms with Crippen molar-refractivity contribution < 1.29 is 4.79 Å². The molecule has 1 aromatic carbocycles. The highest BCUT2D eigenvalue weighted by atomic mass is 16.2. The Hall–Kier alpha value is -3.03. The summed E-state index contributed by atoms with van der Waals surface area (Å²) in [6, 6.07) is 7.08. The summed E-state index contributed by atoms with van der Waals surface area (Å²) in [5, 5.41) is 7.27. The summed E-state index contributed by atoms with van der Waals surface area (Å²) in [4.78, 5) is 34.9. The summed E-state index contributed by atoms with van der Waals surface area (Å²) >= 11 is 0. The summed E-state index contributed by atoms with van der Waals surface area (Å²) in [6.07, 6.45) is 2.99. The minimum atomic E-state index is -0.274. The maximum atomic E-state index is 12.1. The molecule has 0 saturated heterocycles. The van der Waals surface area contributed by atoms with Gasteiger partial charge in [-0.2, -0.15) is 5.10 Å². The van der Waals surface area contributed by atoms with Gasteiger partial charge in [0.05, 0.1) is 29.9 Å². The first-order valence-electron chi connectivity index (χ1n) is 7.21. The van der Waals surface area contributed by atoms with Gasteiger partial charge in [-0.05, 0) is 12.1 Å². The number of aromatic amines is 1. The van der Waals surface area contributed by atoms with Gasteiger partial charge < -0.3 is 10.3 Å². The first-order chi connectivity index (χ1) is 11.1. The van der Waals surface area contributed by atoms with Gasteiger partial charge in [-0.3, -0.25) is 14.3 Å². The van der Waals surface area contributed by atoms with Crippen LogP contribution in [-0.4, -0.2) is 30.6 Å². The number of fused-ring (bicyclic) bond motifs is 1. The molecule has 1 atom stereocenters. The molecule has 0 fully saturated rings. The van der Waals surface area contributed by atoms with Gasteiger partial charge in [0, 0.05) is 0 Å². The van der Waals surface area contributed by atoms with E-state index >= 15 is 0 Å². The minimum absolute atomic E-state index is 0.142. The zero-order chi connectivity index (χ0) is 16.2. The summed E-state index contributed by atoms with van der Waals surface area (Å²) in [7, 11) is 0. The van der Waals surface area contributed by atoms with E-state index in [-0.39, 0.29) is 23.9 Å². The number of rotatable bonds is 5. The Morgan fingerprint density at radius 3 is 3.00 bits per heavy atom. The number of para-hydroxylation sites is 1. The van der Waals surface area contributed by atoms with Crippen LogP contribution < -0.4 is 10.9 Å². The van der Waals surface area contributed by atoms with Gasteiger partial charge in [0.25, 0.3) is 5.56 Å². The molecule has 0 spiro atoms. The van der Waals surface area contributed by atoms with E-state index in [1.165, 1.54) is 6.33 Å². The minimum Gasteiger partial charge on any atom is -0.349 e. The van der Waals surface area contributed by atoms with Crippen LogP contribution in [0.4, 0.5) is 0 Å². The molecule has 23 heavy (non-hydrogen) atoms. The summed E-state index contributed by atoms with van der Waals surface area (Å²) in [5.41, 5.74) is 0.395. The largest absolute Gasteiger partial charge is 0.349 e. The van der Waals surface area contributed by atoms with E-state index < -0.39 is 0 Å². The third-order valence-corrected chi connectivity index (χ3v) is 3.47. The van der Waals surface area contributed by atoms with Crippen LogP contribution in [0.25, 0.3) is 10.9 Å². The number of hydrogen-bond donors (Lipinski definition) is 2. The van der Waals surface area contributed by atoms with Crippen molar-refractivity contribution >= 4 is 16.8 Å².